The standard InChI is InChI=1S/C31H25ClF2N2O4/c1-39-12-11-36-29-16-21(31(37)38)7-10-28(29)35-30(36)14-19-5-9-25(27(34)13-19)20-3-2-4-24(15-20)40-18-22-6-8-23(32)17-26(22)33/h2-10,13,15-17H,11-12,14,18H2,1H3,(H,37,38). The summed E-state index contributed by atoms with van der Waals surface area (Å²) in [5.41, 5.74) is 3.58. The highest BCUT2D eigenvalue weighted by Crippen LogP contribution is 2.29. The van der Waals surface area contributed by atoms with Crippen molar-refractivity contribution in [2.24, 2.45) is 0 Å². The summed E-state index contributed by atoms with van der Waals surface area (Å²) in [5.74, 6) is -0.740. The molecule has 5 rings (SSSR count). The van der Waals surface area contributed by atoms with Gasteiger partial charge in [-0.05, 0) is 59.7 Å². The second kappa shape index (κ2) is 11.9. The molecule has 0 aliphatic carbocycles. The summed E-state index contributed by atoms with van der Waals surface area (Å²) in [6, 6.07) is 21.1. The Labute approximate surface area is 234 Å². The molecule has 0 aliphatic rings. The van der Waals surface area contributed by atoms with E-state index in [1.165, 1.54) is 18.2 Å². The molecule has 1 heterocycles. The molecule has 5 aromatic rings. The number of methoxy groups -OCH3 is 1. The number of hydrogen-bond donors (Lipinski definition) is 1. The molecule has 4 aromatic carbocycles. The van der Waals surface area contributed by atoms with Crippen LogP contribution in [0.2, 0.25) is 5.02 Å². The van der Waals surface area contributed by atoms with Gasteiger partial charge in [0, 0.05) is 36.2 Å². The van der Waals surface area contributed by atoms with Crippen molar-refractivity contribution in [1.82, 2.24) is 9.55 Å². The number of carboxylic acids is 1. The van der Waals surface area contributed by atoms with Gasteiger partial charge in [-0.2, -0.15) is 0 Å². The molecule has 1 N–H and O–H groups in total. The van der Waals surface area contributed by atoms with Crippen LogP contribution in [0.5, 0.6) is 5.75 Å². The monoisotopic (exact) mass is 562 g/mol. The molecule has 0 aliphatic heterocycles. The van der Waals surface area contributed by atoms with Crippen molar-refractivity contribution in [1.29, 1.82) is 0 Å². The number of hydrogen-bond acceptors (Lipinski definition) is 4. The molecule has 0 fully saturated rings. The lowest BCUT2D eigenvalue weighted by Gasteiger charge is -2.11. The summed E-state index contributed by atoms with van der Waals surface area (Å²) >= 11 is 5.81. The highest BCUT2D eigenvalue weighted by molar-refractivity contribution is 6.30. The van der Waals surface area contributed by atoms with Crippen molar-refractivity contribution < 1.29 is 28.2 Å². The molecular formula is C31H25ClF2N2O4. The minimum Gasteiger partial charge on any atom is -0.489 e. The lowest BCUT2D eigenvalue weighted by molar-refractivity contribution is 0.0697. The molecule has 0 saturated carbocycles. The van der Waals surface area contributed by atoms with Crippen LogP contribution in [0, 0.1) is 11.6 Å². The van der Waals surface area contributed by atoms with Crippen molar-refractivity contribution in [3.8, 4) is 16.9 Å². The van der Waals surface area contributed by atoms with Gasteiger partial charge in [0.15, 0.2) is 0 Å². The number of carboxylic acid groups (broad SMARTS) is 1. The molecule has 0 amide bonds. The maximum absolute atomic E-state index is 15.3. The summed E-state index contributed by atoms with van der Waals surface area (Å²) in [4.78, 5) is 16.2. The number of aromatic carboxylic acids is 1. The fourth-order valence-corrected chi connectivity index (χ4v) is 4.67. The summed E-state index contributed by atoms with van der Waals surface area (Å²) in [7, 11) is 1.59. The Morgan fingerprint density at radius 2 is 1.85 bits per heavy atom. The first-order valence-electron chi connectivity index (χ1n) is 12.5. The van der Waals surface area contributed by atoms with Crippen LogP contribution < -0.4 is 4.74 Å². The Bertz CT molecular complexity index is 1700. The van der Waals surface area contributed by atoms with Gasteiger partial charge in [-0.15, -0.1) is 0 Å². The quantitative estimate of drug-likeness (QED) is 0.196. The van der Waals surface area contributed by atoms with Crippen LogP contribution in [-0.4, -0.2) is 34.3 Å². The summed E-state index contributed by atoms with van der Waals surface area (Å²) in [6.45, 7) is 0.886. The molecule has 6 nitrogen and oxygen atoms in total. The van der Waals surface area contributed by atoms with E-state index in [9.17, 15) is 14.3 Å². The van der Waals surface area contributed by atoms with Crippen LogP contribution in [-0.2, 0) is 24.3 Å². The normalized spacial score (nSPS) is 11.2. The average Bonchev–Trinajstić information content (AvgIpc) is 3.27. The molecule has 40 heavy (non-hydrogen) atoms. The molecule has 0 unspecified atom stereocenters. The van der Waals surface area contributed by atoms with Crippen LogP contribution in [0.1, 0.15) is 27.3 Å². The van der Waals surface area contributed by atoms with Gasteiger partial charge >= 0.3 is 5.97 Å². The van der Waals surface area contributed by atoms with Crippen molar-refractivity contribution in [2.75, 3.05) is 13.7 Å². The first-order chi connectivity index (χ1) is 19.3. The van der Waals surface area contributed by atoms with Crippen LogP contribution in [0.4, 0.5) is 8.78 Å². The zero-order chi connectivity index (χ0) is 28.2. The van der Waals surface area contributed by atoms with Gasteiger partial charge in [0.1, 0.15) is 29.8 Å². The van der Waals surface area contributed by atoms with Crippen molar-refractivity contribution in [3.63, 3.8) is 0 Å². The summed E-state index contributed by atoms with van der Waals surface area (Å²) in [5, 5.41) is 9.71. The summed E-state index contributed by atoms with van der Waals surface area (Å²) < 4.78 is 42.3. The van der Waals surface area contributed by atoms with Gasteiger partial charge in [-0.1, -0.05) is 41.9 Å². The Hall–Kier alpha value is -4.27. The van der Waals surface area contributed by atoms with Gasteiger partial charge in [0.05, 0.1) is 23.2 Å². The topological polar surface area (TPSA) is 73.6 Å². The van der Waals surface area contributed by atoms with E-state index in [-0.39, 0.29) is 12.2 Å². The van der Waals surface area contributed by atoms with E-state index in [0.29, 0.717) is 69.5 Å². The minimum absolute atomic E-state index is 0.00586. The average molecular weight is 563 g/mol. The first kappa shape index (κ1) is 27.3. The third-order valence-electron chi connectivity index (χ3n) is 6.54. The summed E-state index contributed by atoms with van der Waals surface area (Å²) in [6.07, 6.45) is 0.341. The molecule has 0 bridgehead atoms. The van der Waals surface area contributed by atoms with Crippen molar-refractivity contribution >= 4 is 28.6 Å². The molecule has 9 heteroatoms. The molecule has 0 radical (unpaired) electrons. The molecule has 0 atom stereocenters. The SMILES string of the molecule is COCCn1c(Cc2ccc(-c3cccc(OCc4ccc(Cl)cc4F)c3)c(F)c2)nc2ccc(C(=O)O)cc21. The number of imidazole rings is 1. The number of rotatable bonds is 10. The van der Waals surface area contributed by atoms with E-state index in [4.69, 9.17) is 21.1 Å². The number of nitrogens with zero attached hydrogens (tertiary/aromatic N) is 2. The van der Waals surface area contributed by atoms with Crippen LogP contribution in [0.25, 0.3) is 22.2 Å². The van der Waals surface area contributed by atoms with Crippen LogP contribution in [0.15, 0.2) is 78.9 Å². The molecule has 0 spiro atoms. The molecule has 0 saturated heterocycles. The minimum atomic E-state index is -1.02. The van der Waals surface area contributed by atoms with E-state index in [1.54, 1.807) is 61.7 Å². The lowest BCUT2D eigenvalue weighted by Crippen LogP contribution is -2.09. The van der Waals surface area contributed by atoms with Gasteiger partial charge in [0.25, 0.3) is 0 Å². The predicted molar refractivity (Wildman–Crippen MR) is 149 cm³/mol. The Morgan fingerprint density at radius 3 is 2.60 bits per heavy atom. The van der Waals surface area contributed by atoms with E-state index in [2.05, 4.69) is 4.98 Å². The highest BCUT2D eigenvalue weighted by Gasteiger charge is 2.15. The van der Waals surface area contributed by atoms with E-state index in [0.717, 1.165) is 0 Å². The Balaban J connectivity index is 1.37. The predicted octanol–water partition coefficient (Wildman–Crippen LogP) is 7.15. The maximum atomic E-state index is 15.3. The number of fused-ring (bicyclic) bond motifs is 1. The Morgan fingerprint density at radius 1 is 1.00 bits per heavy atom. The Kier molecular flexibility index (Phi) is 8.09. The fourth-order valence-electron chi connectivity index (χ4n) is 4.51. The fraction of sp³-hybridized carbons (Fsp3) is 0.161. The van der Waals surface area contributed by atoms with E-state index in [1.807, 2.05) is 10.6 Å². The van der Waals surface area contributed by atoms with Crippen LogP contribution in [0.3, 0.4) is 0 Å². The third-order valence-corrected chi connectivity index (χ3v) is 6.78. The smallest absolute Gasteiger partial charge is 0.335 e. The second-order valence-corrected chi connectivity index (χ2v) is 9.66. The number of halogens is 3. The first-order valence-corrected chi connectivity index (χ1v) is 12.9. The van der Waals surface area contributed by atoms with Gasteiger partial charge in [0.2, 0.25) is 0 Å². The third kappa shape index (κ3) is 5.98. The maximum Gasteiger partial charge on any atom is 0.335 e. The van der Waals surface area contributed by atoms with Crippen molar-refractivity contribution in [3.05, 3.63) is 118 Å². The number of ether oxygens (including phenoxy) is 2. The van der Waals surface area contributed by atoms with Gasteiger partial charge in [-0.25, -0.2) is 18.6 Å². The number of carbonyl (C=O) groups is 1. The van der Waals surface area contributed by atoms with E-state index < -0.39 is 17.6 Å². The molecular weight excluding hydrogens is 538 g/mol. The van der Waals surface area contributed by atoms with E-state index >= 15 is 4.39 Å². The second-order valence-electron chi connectivity index (χ2n) is 9.22. The van der Waals surface area contributed by atoms with Gasteiger partial charge < -0.3 is 19.1 Å². The van der Waals surface area contributed by atoms with Gasteiger partial charge in [-0.3, -0.25) is 0 Å². The van der Waals surface area contributed by atoms with Crippen molar-refractivity contribution in [2.45, 2.75) is 19.6 Å². The zero-order valence-electron chi connectivity index (χ0n) is 21.5. The molecule has 1 aromatic heterocycles. The number of benzene rings is 4. The zero-order valence-corrected chi connectivity index (χ0v) is 22.3. The number of aromatic nitrogens is 2. The largest absolute Gasteiger partial charge is 0.489 e. The van der Waals surface area contributed by atoms with Crippen LogP contribution >= 0.6 is 11.6 Å². The molecule has 204 valence electrons. The highest BCUT2D eigenvalue weighted by atomic mass is 35.5. The lowest BCUT2D eigenvalue weighted by atomic mass is 10.0.